The maximum absolute atomic E-state index is 11.3. The molecule has 0 radical (unpaired) electrons. The van der Waals surface area contributed by atoms with Gasteiger partial charge in [-0.1, -0.05) is 11.6 Å². The van der Waals surface area contributed by atoms with Crippen molar-refractivity contribution < 1.29 is 8.95 Å². The van der Waals surface area contributed by atoms with Crippen LogP contribution in [0.5, 0.6) is 0 Å². The highest BCUT2D eigenvalue weighted by Crippen LogP contribution is 2.18. The first-order valence-corrected chi connectivity index (χ1v) is 7.18. The SMILES string of the molecule is COCc1nc(Cl)cc(N2CCS(=O)CC2)n1. The van der Waals surface area contributed by atoms with Gasteiger partial charge in [0, 0.05) is 48.6 Å². The highest BCUT2D eigenvalue weighted by Gasteiger charge is 2.17. The van der Waals surface area contributed by atoms with Gasteiger partial charge in [0.2, 0.25) is 0 Å². The van der Waals surface area contributed by atoms with Crippen molar-refractivity contribution >= 4 is 28.2 Å². The normalized spacial score (nSPS) is 17.4. The molecule has 0 aliphatic carbocycles. The summed E-state index contributed by atoms with van der Waals surface area (Å²) in [7, 11) is 0.900. The van der Waals surface area contributed by atoms with E-state index >= 15 is 0 Å². The molecule has 0 atom stereocenters. The fourth-order valence-electron chi connectivity index (χ4n) is 1.67. The Kier molecular flexibility index (Phi) is 4.31. The van der Waals surface area contributed by atoms with Gasteiger partial charge in [-0.3, -0.25) is 4.21 Å². The first kappa shape index (κ1) is 12.7. The number of aromatic nitrogens is 2. The fourth-order valence-corrected chi connectivity index (χ4v) is 2.92. The van der Waals surface area contributed by atoms with E-state index in [1.165, 1.54) is 0 Å². The molecule has 7 heteroatoms. The van der Waals surface area contributed by atoms with Gasteiger partial charge in [-0.05, 0) is 0 Å². The first-order chi connectivity index (χ1) is 8.19. The van der Waals surface area contributed by atoms with E-state index in [1.807, 2.05) is 0 Å². The number of ether oxygens (including phenoxy) is 1. The quantitative estimate of drug-likeness (QED) is 0.766. The summed E-state index contributed by atoms with van der Waals surface area (Å²) in [6, 6.07) is 1.73. The van der Waals surface area contributed by atoms with Gasteiger partial charge < -0.3 is 9.64 Å². The van der Waals surface area contributed by atoms with E-state index in [9.17, 15) is 4.21 Å². The largest absolute Gasteiger partial charge is 0.377 e. The average Bonchev–Trinajstić information content (AvgIpc) is 2.29. The summed E-state index contributed by atoms with van der Waals surface area (Å²) >= 11 is 5.94. The van der Waals surface area contributed by atoms with Crippen LogP contribution in [-0.2, 0) is 22.1 Å². The summed E-state index contributed by atoms with van der Waals surface area (Å²) in [5, 5.41) is 0.411. The molecular weight excluding hydrogens is 262 g/mol. The van der Waals surface area contributed by atoms with Crippen molar-refractivity contribution in [1.29, 1.82) is 0 Å². The van der Waals surface area contributed by atoms with Crippen LogP contribution in [0.2, 0.25) is 5.15 Å². The van der Waals surface area contributed by atoms with Crippen molar-refractivity contribution in [1.82, 2.24) is 9.97 Å². The monoisotopic (exact) mass is 275 g/mol. The maximum Gasteiger partial charge on any atom is 0.158 e. The summed E-state index contributed by atoms with van der Waals surface area (Å²) in [5.74, 6) is 2.72. The highest BCUT2D eigenvalue weighted by atomic mass is 35.5. The van der Waals surface area contributed by atoms with Gasteiger partial charge in [-0.2, -0.15) is 0 Å². The second-order valence-corrected chi connectivity index (χ2v) is 5.82. The Labute approximate surface area is 108 Å². The second-order valence-electron chi connectivity index (χ2n) is 3.73. The Morgan fingerprint density at radius 3 is 2.82 bits per heavy atom. The topological polar surface area (TPSA) is 55.3 Å². The van der Waals surface area contributed by atoms with Crippen LogP contribution in [0.15, 0.2) is 6.07 Å². The molecule has 1 fully saturated rings. The van der Waals surface area contributed by atoms with Crippen LogP contribution in [0.3, 0.4) is 0 Å². The van der Waals surface area contributed by atoms with Gasteiger partial charge in [0.15, 0.2) is 5.82 Å². The van der Waals surface area contributed by atoms with E-state index in [0.717, 1.165) is 18.9 Å². The van der Waals surface area contributed by atoms with E-state index in [4.69, 9.17) is 16.3 Å². The molecule has 1 aliphatic rings. The smallest absolute Gasteiger partial charge is 0.158 e. The molecule has 17 heavy (non-hydrogen) atoms. The number of rotatable bonds is 3. The van der Waals surface area contributed by atoms with Crippen LogP contribution < -0.4 is 4.90 Å². The zero-order chi connectivity index (χ0) is 12.3. The molecule has 1 aromatic heterocycles. The van der Waals surface area contributed by atoms with Crippen LogP contribution in [0.1, 0.15) is 5.82 Å². The summed E-state index contributed by atoms with van der Waals surface area (Å²) in [6.07, 6.45) is 0. The Hall–Kier alpha value is -0.720. The number of methoxy groups -OCH3 is 1. The fraction of sp³-hybridized carbons (Fsp3) is 0.600. The van der Waals surface area contributed by atoms with E-state index in [-0.39, 0.29) is 0 Å². The zero-order valence-electron chi connectivity index (χ0n) is 9.56. The molecule has 0 unspecified atom stereocenters. The minimum absolute atomic E-state index is 0.341. The summed E-state index contributed by atoms with van der Waals surface area (Å²) in [5.41, 5.74) is 0. The predicted molar refractivity (Wildman–Crippen MR) is 67.8 cm³/mol. The lowest BCUT2D eigenvalue weighted by molar-refractivity contribution is 0.178. The summed E-state index contributed by atoms with van der Waals surface area (Å²) in [4.78, 5) is 10.5. The molecule has 0 bridgehead atoms. The van der Waals surface area contributed by atoms with E-state index in [1.54, 1.807) is 13.2 Å². The van der Waals surface area contributed by atoms with E-state index in [2.05, 4.69) is 14.9 Å². The van der Waals surface area contributed by atoms with Gasteiger partial charge in [-0.25, -0.2) is 9.97 Å². The first-order valence-electron chi connectivity index (χ1n) is 5.31. The maximum atomic E-state index is 11.3. The lowest BCUT2D eigenvalue weighted by Gasteiger charge is -2.27. The molecule has 1 aliphatic heterocycles. The van der Waals surface area contributed by atoms with Crippen molar-refractivity contribution in [2.45, 2.75) is 6.61 Å². The lowest BCUT2D eigenvalue weighted by atomic mass is 10.4. The van der Waals surface area contributed by atoms with Crippen molar-refractivity contribution in [3.63, 3.8) is 0 Å². The van der Waals surface area contributed by atoms with Gasteiger partial charge in [0.05, 0.1) is 0 Å². The van der Waals surface area contributed by atoms with Crippen molar-refractivity contribution in [2.75, 3.05) is 36.6 Å². The molecular formula is C10H14ClN3O2S. The molecule has 2 heterocycles. The van der Waals surface area contributed by atoms with Gasteiger partial charge in [-0.15, -0.1) is 0 Å². The highest BCUT2D eigenvalue weighted by molar-refractivity contribution is 7.85. The number of halogens is 1. The molecule has 94 valence electrons. The average molecular weight is 276 g/mol. The second kappa shape index (κ2) is 5.75. The third-order valence-corrected chi connectivity index (χ3v) is 3.97. The van der Waals surface area contributed by atoms with Gasteiger partial charge >= 0.3 is 0 Å². The van der Waals surface area contributed by atoms with Crippen LogP contribution in [-0.4, -0.2) is 45.9 Å². The molecule has 0 aromatic carbocycles. The van der Waals surface area contributed by atoms with Crippen LogP contribution in [0.25, 0.3) is 0 Å². The number of hydrogen-bond donors (Lipinski definition) is 0. The minimum Gasteiger partial charge on any atom is -0.377 e. The number of anilines is 1. The molecule has 1 saturated heterocycles. The number of nitrogens with zero attached hydrogens (tertiary/aromatic N) is 3. The molecule has 1 aromatic rings. The van der Waals surface area contributed by atoms with E-state index < -0.39 is 10.8 Å². The van der Waals surface area contributed by atoms with Crippen molar-refractivity contribution in [3.8, 4) is 0 Å². The molecule has 0 saturated carbocycles. The van der Waals surface area contributed by atoms with Crippen LogP contribution in [0, 0.1) is 0 Å². The Morgan fingerprint density at radius 1 is 1.47 bits per heavy atom. The molecule has 2 rings (SSSR count). The summed E-state index contributed by atoms with van der Waals surface area (Å²) in [6.45, 7) is 1.83. The standard InChI is InChI=1S/C10H14ClN3O2S/c1-16-7-9-12-8(11)6-10(13-9)14-2-4-17(15)5-3-14/h6H,2-5,7H2,1H3. The molecule has 0 N–H and O–H groups in total. The Morgan fingerprint density at radius 2 is 2.18 bits per heavy atom. The summed E-state index contributed by atoms with van der Waals surface area (Å²) < 4.78 is 16.3. The number of hydrogen-bond acceptors (Lipinski definition) is 5. The molecule has 5 nitrogen and oxygen atoms in total. The van der Waals surface area contributed by atoms with E-state index in [0.29, 0.717) is 29.1 Å². The lowest BCUT2D eigenvalue weighted by Crippen LogP contribution is -2.38. The van der Waals surface area contributed by atoms with Crippen LogP contribution >= 0.6 is 11.6 Å². The Balaban J connectivity index is 2.16. The molecule has 0 spiro atoms. The van der Waals surface area contributed by atoms with Gasteiger partial charge in [0.1, 0.15) is 17.6 Å². The molecule has 0 amide bonds. The van der Waals surface area contributed by atoms with Crippen LogP contribution in [0.4, 0.5) is 5.82 Å². The third kappa shape index (κ3) is 3.37. The van der Waals surface area contributed by atoms with Gasteiger partial charge in [0.25, 0.3) is 0 Å². The predicted octanol–water partition coefficient (Wildman–Crippen LogP) is 0.845. The Bertz CT molecular complexity index is 420. The third-order valence-electron chi connectivity index (χ3n) is 2.50. The minimum atomic E-state index is -0.692. The van der Waals surface area contributed by atoms with Crippen molar-refractivity contribution in [3.05, 3.63) is 17.0 Å². The van der Waals surface area contributed by atoms with Crippen molar-refractivity contribution in [2.24, 2.45) is 0 Å². The zero-order valence-corrected chi connectivity index (χ0v) is 11.1.